The van der Waals surface area contributed by atoms with Crippen molar-refractivity contribution >= 4 is 50.3 Å². The summed E-state index contributed by atoms with van der Waals surface area (Å²) in [6.07, 6.45) is 0. The number of fused-ring (bicyclic) bond motifs is 2. The van der Waals surface area contributed by atoms with Crippen LogP contribution in [0.1, 0.15) is 0 Å². The van der Waals surface area contributed by atoms with E-state index in [4.69, 9.17) is 5.73 Å². The number of imidazole rings is 1. The zero-order valence-corrected chi connectivity index (χ0v) is 13.3. The van der Waals surface area contributed by atoms with Crippen LogP contribution in [0, 0.1) is 3.57 Å². The number of halogens is 1. The molecule has 0 bridgehead atoms. The molecule has 3 nitrogen and oxygen atoms in total. The monoisotopic (exact) mass is 385 g/mol. The van der Waals surface area contributed by atoms with E-state index in [9.17, 15) is 0 Å². The first-order valence-electron chi connectivity index (χ1n) is 6.65. The third-order valence-corrected chi connectivity index (χ3v) is 4.30. The van der Waals surface area contributed by atoms with Crippen LogP contribution in [0.15, 0.2) is 60.7 Å². The lowest BCUT2D eigenvalue weighted by molar-refractivity contribution is 1.11. The number of nitrogens with two attached hydrogens (primary N) is 1. The molecule has 4 aromatic rings. The number of rotatable bonds is 1. The van der Waals surface area contributed by atoms with Gasteiger partial charge in [-0.3, -0.25) is 4.57 Å². The van der Waals surface area contributed by atoms with Gasteiger partial charge >= 0.3 is 0 Å². The number of benzene rings is 3. The molecule has 3 aromatic carbocycles. The van der Waals surface area contributed by atoms with Crippen molar-refractivity contribution < 1.29 is 0 Å². The largest absolute Gasteiger partial charge is 0.369 e. The molecular formula is C17H12IN3. The number of nitrogens with zero attached hydrogens (tertiary/aromatic N) is 2. The Bertz CT molecular complexity index is 972. The Kier molecular flexibility index (Phi) is 2.85. The van der Waals surface area contributed by atoms with E-state index in [1.54, 1.807) is 0 Å². The predicted octanol–water partition coefficient (Wildman–Crippen LogP) is 4.37. The third-order valence-electron chi connectivity index (χ3n) is 3.63. The standard InChI is InChI=1S/C17H12IN3/c18-13-6-8-16-15(10-13)20-17(19)21(16)14-7-5-11-3-1-2-4-12(11)9-14/h1-10H,(H2,19,20). The first-order chi connectivity index (χ1) is 10.2. The number of nitrogen functional groups attached to an aromatic ring is 1. The summed E-state index contributed by atoms with van der Waals surface area (Å²) < 4.78 is 3.15. The van der Waals surface area contributed by atoms with Gasteiger partial charge in [-0.1, -0.05) is 30.3 Å². The summed E-state index contributed by atoms with van der Waals surface area (Å²) in [6.45, 7) is 0. The number of hydrogen-bond acceptors (Lipinski definition) is 2. The molecule has 0 spiro atoms. The minimum absolute atomic E-state index is 0.516. The maximum absolute atomic E-state index is 6.13. The van der Waals surface area contributed by atoms with E-state index in [0.717, 1.165) is 20.3 Å². The van der Waals surface area contributed by atoms with E-state index in [-0.39, 0.29) is 0 Å². The van der Waals surface area contributed by atoms with Gasteiger partial charge in [0.2, 0.25) is 5.95 Å². The van der Waals surface area contributed by atoms with Crippen LogP contribution >= 0.6 is 22.6 Å². The van der Waals surface area contributed by atoms with Crippen molar-refractivity contribution in [2.24, 2.45) is 0 Å². The van der Waals surface area contributed by atoms with E-state index >= 15 is 0 Å². The van der Waals surface area contributed by atoms with E-state index in [0.29, 0.717) is 5.95 Å². The second-order valence-corrected chi connectivity index (χ2v) is 6.22. The molecule has 102 valence electrons. The average molecular weight is 385 g/mol. The van der Waals surface area contributed by atoms with Crippen molar-refractivity contribution in [3.8, 4) is 5.69 Å². The second-order valence-electron chi connectivity index (χ2n) is 4.97. The summed E-state index contributed by atoms with van der Waals surface area (Å²) in [4.78, 5) is 4.47. The van der Waals surface area contributed by atoms with Gasteiger partial charge in [0.1, 0.15) is 0 Å². The second kappa shape index (κ2) is 4.73. The molecule has 4 heteroatoms. The van der Waals surface area contributed by atoms with Gasteiger partial charge in [-0.2, -0.15) is 0 Å². The summed E-state index contributed by atoms with van der Waals surface area (Å²) >= 11 is 2.28. The molecule has 2 N–H and O–H groups in total. The van der Waals surface area contributed by atoms with Crippen LogP contribution in [-0.4, -0.2) is 9.55 Å². The quantitative estimate of drug-likeness (QED) is 0.495. The fraction of sp³-hybridized carbons (Fsp3) is 0. The topological polar surface area (TPSA) is 43.8 Å². The molecule has 21 heavy (non-hydrogen) atoms. The van der Waals surface area contributed by atoms with Gasteiger partial charge in [0.05, 0.1) is 11.0 Å². The summed E-state index contributed by atoms with van der Waals surface area (Å²) in [7, 11) is 0. The molecular weight excluding hydrogens is 373 g/mol. The molecule has 0 fully saturated rings. The first kappa shape index (κ1) is 12.6. The lowest BCUT2D eigenvalue weighted by Crippen LogP contribution is -2.00. The van der Waals surface area contributed by atoms with E-state index < -0.39 is 0 Å². The molecule has 1 aromatic heterocycles. The van der Waals surface area contributed by atoms with Crippen LogP contribution in [0.5, 0.6) is 0 Å². The summed E-state index contributed by atoms with van der Waals surface area (Å²) in [5.74, 6) is 0.516. The molecule has 1 heterocycles. The Hall–Kier alpha value is -2.08. The zero-order valence-electron chi connectivity index (χ0n) is 11.1. The van der Waals surface area contributed by atoms with Crippen molar-refractivity contribution in [1.82, 2.24) is 9.55 Å². The van der Waals surface area contributed by atoms with Crippen LogP contribution in [-0.2, 0) is 0 Å². The van der Waals surface area contributed by atoms with Crippen LogP contribution in [0.4, 0.5) is 5.95 Å². The Morgan fingerprint density at radius 1 is 0.905 bits per heavy atom. The zero-order chi connectivity index (χ0) is 14.4. The van der Waals surface area contributed by atoms with E-state index in [2.05, 4.69) is 70.0 Å². The highest BCUT2D eigenvalue weighted by Gasteiger charge is 2.10. The Morgan fingerprint density at radius 3 is 2.57 bits per heavy atom. The molecule has 0 aliphatic heterocycles. The maximum atomic E-state index is 6.13. The van der Waals surface area contributed by atoms with Crippen LogP contribution in [0.25, 0.3) is 27.5 Å². The maximum Gasteiger partial charge on any atom is 0.205 e. The molecule has 4 rings (SSSR count). The lowest BCUT2D eigenvalue weighted by atomic mass is 10.1. The Morgan fingerprint density at radius 2 is 1.71 bits per heavy atom. The summed E-state index contributed by atoms with van der Waals surface area (Å²) in [5, 5.41) is 2.42. The molecule has 0 aliphatic rings. The summed E-state index contributed by atoms with van der Waals surface area (Å²) in [5.41, 5.74) is 9.12. The molecule has 0 unspecified atom stereocenters. The van der Waals surface area contributed by atoms with Crippen LogP contribution in [0.3, 0.4) is 0 Å². The average Bonchev–Trinajstić information content (AvgIpc) is 2.81. The molecule has 0 saturated heterocycles. The number of aromatic nitrogens is 2. The van der Waals surface area contributed by atoms with Gasteiger partial charge in [-0.15, -0.1) is 0 Å². The fourth-order valence-corrected chi connectivity index (χ4v) is 3.13. The Labute approximate surface area is 135 Å². The van der Waals surface area contributed by atoms with Gasteiger partial charge in [0, 0.05) is 9.26 Å². The minimum Gasteiger partial charge on any atom is -0.369 e. The predicted molar refractivity (Wildman–Crippen MR) is 95.7 cm³/mol. The van der Waals surface area contributed by atoms with Crippen molar-refractivity contribution in [3.63, 3.8) is 0 Å². The SMILES string of the molecule is Nc1nc2cc(I)ccc2n1-c1ccc2ccccc2c1. The molecule has 0 saturated carbocycles. The van der Waals surface area contributed by atoms with Crippen molar-refractivity contribution in [3.05, 3.63) is 64.2 Å². The van der Waals surface area contributed by atoms with Gasteiger partial charge in [0.15, 0.2) is 0 Å². The molecule has 0 atom stereocenters. The number of anilines is 1. The lowest BCUT2D eigenvalue weighted by Gasteiger charge is -2.08. The molecule has 0 radical (unpaired) electrons. The smallest absolute Gasteiger partial charge is 0.205 e. The molecule has 0 amide bonds. The van der Waals surface area contributed by atoms with Crippen molar-refractivity contribution in [1.29, 1.82) is 0 Å². The fourth-order valence-electron chi connectivity index (χ4n) is 2.66. The highest BCUT2D eigenvalue weighted by molar-refractivity contribution is 14.1. The van der Waals surface area contributed by atoms with Crippen LogP contribution < -0.4 is 5.73 Å². The Balaban J connectivity index is 2.01. The van der Waals surface area contributed by atoms with Gasteiger partial charge in [0.25, 0.3) is 0 Å². The van der Waals surface area contributed by atoms with E-state index in [1.807, 2.05) is 22.8 Å². The normalized spacial score (nSPS) is 11.3. The molecule has 0 aliphatic carbocycles. The van der Waals surface area contributed by atoms with E-state index in [1.165, 1.54) is 10.8 Å². The van der Waals surface area contributed by atoms with Gasteiger partial charge in [-0.25, -0.2) is 4.98 Å². The number of hydrogen-bond donors (Lipinski definition) is 1. The van der Waals surface area contributed by atoms with Crippen molar-refractivity contribution in [2.45, 2.75) is 0 Å². The highest BCUT2D eigenvalue weighted by atomic mass is 127. The van der Waals surface area contributed by atoms with Crippen LogP contribution in [0.2, 0.25) is 0 Å². The highest BCUT2D eigenvalue weighted by Crippen LogP contribution is 2.26. The summed E-state index contributed by atoms with van der Waals surface area (Å²) in [6, 6.07) is 20.8. The van der Waals surface area contributed by atoms with Crippen molar-refractivity contribution in [2.75, 3.05) is 5.73 Å². The minimum atomic E-state index is 0.516. The third kappa shape index (κ3) is 2.06. The first-order valence-corrected chi connectivity index (χ1v) is 7.73. The van der Waals surface area contributed by atoms with Gasteiger partial charge in [-0.05, 0) is 63.7 Å². The van der Waals surface area contributed by atoms with Gasteiger partial charge < -0.3 is 5.73 Å².